The molecular formula is C11H11N. The number of nitrogens with zero attached hydrogens (tertiary/aromatic N) is 1. The minimum absolute atomic E-state index is 0.197. The van der Waals surface area contributed by atoms with Crippen LogP contribution in [-0.4, -0.2) is 0 Å². The average molecular weight is 157 g/mol. The predicted octanol–water partition coefficient (Wildman–Crippen LogP) is 2.49. The highest BCUT2D eigenvalue weighted by atomic mass is 14.4. The second-order valence-electron chi connectivity index (χ2n) is 3.43. The lowest BCUT2D eigenvalue weighted by Gasteiger charge is -2.05. The minimum Gasteiger partial charge on any atom is -0.198 e. The highest BCUT2D eigenvalue weighted by Crippen LogP contribution is 2.36. The van der Waals surface area contributed by atoms with Gasteiger partial charge < -0.3 is 0 Å². The van der Waals surface area contributed by atoms with Gasteiger partial charge in [-0.2, -0.15) is 5.26 Å². The van der Waals surface area contributed by atoms with E-state index in [0.29, 0.717) is 5.92 Å². The fraction of sp³-hybridized carbons (Fsp3) is 0.364. The molecule has 1 aromatic rings. The molecule has 2 rings (SSSR count). The molecule has 0 saturated heterocycles. The maximum atomic E-state index is 8.86. The Kier molecular flexibility index (Phi) is 1.62. The van der Waals surface area contributed by atoms with Gasteiger partial charge in [-0.3, -0.25) is 0 Å². The van der Waals surface area contributed by atoms with Crippen molar-refractivity contribution in [2.24, 2.45) is 5.92 Å². The van der Waals surface area contributed by atoms with E-state index >= 15 is 0 Å². The van der Waals surface area contributed by atoms with Crippen molar-refractivity contribution < 1.29 is 0 Å². The zero-order valence-corrected chi connectivity index (χ0v) is 7.12. The summed E-state index contributed by atoms with van der Waals surface area (Å²) in [6, 6.07) is 10.7. The Morgan fingerprint density at radius 3 is 2.83 bits per heavy atom. The molecule has 1 aliphatic rings. The summed E-state index contributed by atoms with van der Waals surface area (Å²) < 4.78 is 0. The molecule has 0 saturated carbocycles. The molecule has 1 aliphatic carbocycles. The van der Waals surface area contributed by atoms with Crippen LogP contribution in [0.1, 0.15) is 24.0 Å². The van der Waals surface area contributed by atoms with E-state index in [-0.39, 0.29) is 5.92 Å². The first kappa shape index (κ1) is 7.36. The Labute approximate surface area is 72.6 Å². The van der Waals surface area contributed by atoms with E-state index < -0.39 is 0 Å². The fourth-order valence-electron chi connectivity index (χ4n) is 1.95. The molecule has 1 aromatic carbocycles. The molecule has 1 heteroatoms. The minimum atomic E-state index is 0.197. The number of fused-ring (bicyclic) bond motifs is 1. The van der Waals surface area contributed by atoms with Crippen LogP contribution < -0.4 is 0 Å². The van der Waals surface area contributed by atoms with Crippen LogP contribution in [0.3, 0.4) is 0 Å². The normalized spacial score (nSPS) is 26.3. The Morgan fingerprint density at radius 1 is 1.42 bits per heavy atom. The number of nitriles is 1. The van der Waals surface area contributed by atoms with Gasteiger partial charge in [0, 0.05) is 0 Å². The Morgan fingerprint density at radius 2 is 2.17 bits per heavy atom. The lowest BCUT2D eigenvalue weighted by molar-refractivity contribution is 0.604. The highest BCUT2D eigenvalue weighted by Gasteiger charge is 2.27. The molecule has 0 radical (unpaired) electrons. The Hall–Kier alpha value is -1.29. The molecular weight excluding hydrogens is 146 g/mol. The maximum absolute atomic E-state index is 8.86. The largest absolute Gasteiger partial charge is 0.198 e. The van der Waals surface area contributed by atoms with Crippen LogP contribution in [0, 0.1) is 17.2 Å². The zero-order valence-electron chi connectivity index (χ0n) is 7.12. The molecule has 0 spiro atoms. The van der Waals surface area contributed by atoms with Crippen molar-refractivity contribution in [2.75, 3.05) is 0 Å². The van der Waals surface area contributed by atoms with Crippen LogP contribution in [0.15, 0.2) is 24.3 Å². The third-order valence-electron chi connectivity index (χ3n) is 2.75. The number of benzene rings is 1. The van der Waals surface area contributed by atoms with Crippen LogP contribution in [-0.2, 0) is 6.42 Å². The van der Waals surface area contributed by atoms with E-state index in [1.807, 2.05) is 6.07 Å². The monoisotopic (exact) mass is 157 g/mol. The summed E-state index contributed by atoms with van der Waals surface area (Å²) in [7, 11) is 0. The summed E-state index contributed by atoms with van der Waals surface area (Å²) in [6.07, 6.45) is 0.938. The Bertz CT molecular complexity index is 335. The van der Waals surface area contributed by atoms with E-state index in [0.717, 1.165) is 6.42 Å². The summed E-state index contributed by atoms with van der Waals surface area (Å²) in [6.45, 7) is 2.14. The quantitative estimate of drug-likeness (QED) is 0.567. The van der Waals surface area contributed by atoms with Gasteiger partial charge in [-0.15, -0.1) is 0 Å². The molecule has 2 atom stereocenters. The molecule has 0 fully saturated rings. The van der Waals surface area contributed by atoms with Crippen LogP contribution in [0.25, 0.3) is 0 Å². The van der Waals surface area contributed by atoms with Crippen molar-refractivity contribution in [3.05, 3.63) is 35.4 Å². The fourth-order valence-corrected chi connectivity index (χ4v) is 1.95. The number of hydrogen-bond acceptors (Lipinski definition) is 1. The smallest absolute Gasteiger partial charge is 0.0665 e. The van der Waals surface area contributed by atoms with Gasteiger partial charge in [-0.05, 0) is 23.5 Å². The lowest BCUT2D eigenvalue weighted by atomic mass is 9.96. The first-order valence-electron chi connectivity index (χ1n) is 4.30. The molecule has 60 valence electrons. The second kappa shape index (κ2) is 2.64. The van der Waals surface area contributed by atoms with E-state index in [2.05, 4.69) is 31.2 Å². The predicted molar refractivity (Wildman–Crippen MR) is 47.7 cm³/mol. The summed E-state index contributed by atoms with van der Waals surface area (Å²) in [4.78, 5) is 0. The highest BCUT2D eigenvalue weighted by molar-refractivity contribution is 5.37. The van der Waals surface area contributed by atoms with Gasteiger partial charge in [0.25, 0.3) is 0 Å². The standard InChI is InChI=1S/C11H11N/c1-8-10(7-12)6-9-4-2-3-5-11(8)9/h2-5,8,10H,6H2,1H3/t8-,10+/m1/s1. The molecule has 0 unspecified atom stereocenters. The molecule has 0 heterocycles. The maximum Gasteiger partial charge on any atom is 0.0665 e. The molecule has 0 aliphatic heterocycles. The van der Waals surface area contributed by atoms with Gasteiger partial charge >= 0.3 is 0 Å². The number of hydrogen-bond donors (Lipinski definition) is 0. The molecule has 0 aromatic heterocycles. The summed E-state index contributed by atoms with van der Waals surface area (Å²) in [5, 5.41) is 8.86. The van der Waals surface area contributed by atoms with Crippen molar-refractivity contribution in [3.8, 4) is 6.07 Å². The molecule has 1 nitrogen and oxygen atoms in total. The summed E-state index contributed by atoms with van der Waals surface area (Å²) >= 11 is 0. The van der Waals surface area contributed by atoms with E-state index in [1.165, 1.54) is 11.1 Å². The SMILES string of the molecule is C[C@H]1c2ccccc2C[C@H]1C#N. The molecule has 0 bridgehead atoms. The average Bonchev–Trinajstić information content (AvgIpc) is 2.44. The van der Waals surface area contributed by atoms with Crippen molar-refractivity contribution >= 4 is 0 Å². The van der Waals surface area contributed by atoms with Gasteiger partial charge in [0.15, 0.2) is 0 Å². The van der Waals surface area contributed by atoms with Crippen LogP contribution in [0.5, 0.6) is 0 Å². The van der Waals surface area contributed by atoms with Crippen LogP contribution in [0.4, 0.5) is 0 Å². The van der Waals surface area contributed by atoms with Crippen molar-refractivity contribution in [2.45, 2.75) is 19.3 Å². The first-order chi connectivity index (χ1) is 5.83. The molecule has 0 N–H and O–H groups in total. The summed E-state index contributed by atoms with van der Waals surface area (Å²) in [5.41, 5.74) is 2.72. The van der Waals surface area contributed by atoms with Crippen LogP contribution in [0.2, 0.25) is 0 Å². The van der Waals surface area contributed by atoms with Gasteiger partial charge in [0.1, 0.15) is 0 Å². The van der Waals surface area contributed by atoms with Gasteiger partial charge in [0.2, 0.25) is 0 Å². The van der Waals surface area contributed by atoms with Crippen molar-refractivity contribution in [1.29, 1.82) is 5.26 Å². The lowest BCUT2D eigenvalue weighted by Crippen LogP contribution is -1.99. The van der Waals surface area contributed by atoms with Crippen LogP contribution >= 0.6 is 0 Å². The van der Waals surface area contributed by atoms with Crippen molar-refractivity contribution in [3.63, 3.8) is 0 Å². The van der Waals surface area contributed by atoms with E-state index in [9.17, 15) is 0 Å². The second-order valence-corrected chi connectivity index (χ2v) is 3.43. The Balaban J connectivity index is 2.44. The first-order valence-corrected chi connectivity index (χ1v) is 4.30. The number of rotatable bonds is 0. The van der Waals surface area contributed by atoms with Gasteiger partial charge in [-0.1, -0.05) is 31.2 Å². The molecule has 0 amide bonds. The third-order valence-corrected chi connectivity index (χ3v) is 2.75. The topological polar surface area (TPSA) is 23.8 Å². The van der Waals surface area contributed by atoms with E-state index in [1.54, 1.807) is 0 Å². The zero-order chi connectivity index (χ0) is 8.55. The van der Waals surface area contributed by atoms with Crippen molar-refractivity contribution in [1.82, 2.24) is 0 Å². The van der Waals surface area contributed by atoms with Gasteiger partial charge in [-0.25, -0.2) is 0 Å². The summed E-state index contributed by atoms with van der Waals surface area (Å²) in [5.74, 6) is 0.619. The van der Waals surface area contributed by atoms with Gasteiger partial charge in [0.05, 0.1) is 12.0 Å². The molecule has 12 heavy (non-hydrogen) atoms. The van der Waals surface area contributed by atoms with E-state index in [4.69, 9.17) is 5.26 Å². The third kappa shape index (κ3) is 0.921.